The quantitative estimate of drug-likeness (QED) is 0.0327. The van der Waals surface area contributed by atoms with Gasteiger partial charge in [-0.1, -0.05) is 12.2 Å². The highest BCUT2D eigenvalue weighted by molar-refractivity contribution is 7.61. The van der Waals surface area contributed by atoms with Crippen molar-refractivity contribution < 1.29 is 134 Å². The predicted octanol–water partition coefficient (Wildman–Crippen LogP) is -5.37. The van der Waals surface area contributed by atoms with E-state index in [0.29, 0.717) is 0 Å². The number of aromatic nitrogens is 8. The van der Waals surface area contributed by atoms with E-state index in [-0.39, 0.29) is 58.0 Å². The first-order valence-electron chi connectivity index (χ1n) is 25.5. The number of fused-ring (bicyclic) bond motifs is 2. The smallest absolute Gasteiger partial charge is 0.387 e. The number of hydrogen-bond acceptors (Lipinski definition) is 34. The minimum absolute atomic E-state index is 0.0517. The van der Waals surface area contributed by atoms with E-state index in [2.05, 4.69) is 38.5 Å². The second-order valence-electron chi connectivity index (χ2n) is 19.7. The lowest BCUT2D eigenvalue weighted by molar-refractivity contribution is -0.115. The van der Waals surface area contributed by atoms with E-state index in [1.54, 1.807) is 12.2 Å². The van der Waals surface area contributed by atoms with Gasteiger partial charge >= 0.3 is 31.3 Å². The van der Waals surface area contributed by atoms with Crippen molar-refractivity contribution in [1.82, 2.24) is 48.8 Å². The van der Waals surface area contributed by atoms with Gasteiger partial charge in [0.25, 0.3) is 0 Å². The van der Waals surface area contributed by atoms with Gasteiger partial charge in [0.2, 0.25) is 11.8 Å². The van der Waals surface area contributed by atoms with Gasteiger partial charge in [0.1, 0.15) is 96.9 Å². The van der Waals surface area contributed by atoms with Gasteiger partial charge in [-0.25, -0.2) is 48.2 Å². The number of hydrogen-bond donors (Lipinski definition) is 16. The number of nitrogens with zero attached hydrogens (tertiary/aromatic N) is 10. The normalized spacial score (nSPS) is 33.3. The molecule has 6 aliphatic rings. The van der Waals surface area contributed by atoms with Gasteiger partial charge < -0.3 is 112 Å². The lowest BCUT2D eigenvalue weighted by Gasteiger charge is -2.28. The molecule has 6 aliphatic heterocycles. The van der Waals surface area contributed by atoms with Crippen molar-refractivity contribution in [3.8, 4) is 0 Å². The third-order valence-corrected chi connectivity index (χ3v) is 19.0. The Morgan fingerprint density at radius 3 is 1.08 bits per heavy atom. The zero-order valence-corrected chi connectivity index (χ0v) is 48.3. The number of amides is 2. The average molecular weight is 1330 g/mol. The van der Waals surface area contributed by atoms with Crippen molar-refractivity contribution in [2.75, 3.05) is 37.9 Å². The van der Waals surface area contributed by atoms with Crippen molar-refractivity contribution in [2.45, 2.75) is 111 Å². The first-order valence-corrected chi connectivity index (χ1v) is 31.5. The summed E-state index contributed by atoms with van der Waals surface area (Å²) in [6.07, 6.45) is -9.76. The molecule has 0 aromatic carbocycles. The lowest BCUT2D eigenvalue weighted by atomic mass is 10.1. The van der Waals surface area contributed by atoms with Crippen LogP contribution in [0.1, 0.15) is 25.3 Å². The monoisotopic (exact) mass is 1330 g/mol. The molecule has 484 valence electrons. The van der Waals surface area contributed by atoms with Crippen molar-refractivity contribution in [3.05, 3.63) is 73.4 Å². The van der Waals surface area contributed by atoms with Crippen LogP contribution in [0.4, 0.5) is 11.6 Å². The van der Waals surface area contributed by atoms with Crippen LogP contribution in [0.5, 0.6) is 0 Å². The van der Waals surface area contributed by atoms with Crippen LogP contribution < -0.4 is 22.9 Å². The number of ether oxygens (including phenoxy) is 4. The lowest BCUT2D eigenvalue weighted by Crippen LogP contribution is -2.40. The average Bonchev–Trinajstić information content (AvgIpc) is 1.77. The Labute approximate surface area is 492 Å². The number of carbonyl (C=O) groups excluding carboxylic acids is 2. The molecule has 2 amide bonds. The summed E-state index contributed by atoms with van der Waals surface area (Å²) in [7, 11) is -21.5. The van der Waals surface area contributed by atoms with Crippen molar-refractivity contribution >= 4 is 77.1 Å². The van der Waals surface area contributed by atoms with E-state index in [4.69, 9.17) is 60.0 Å². The topological polar surface area (TPSA) is 635 Å². The minimum atomic E-state index is -5.37. The SMILES string of the molecule is NC(=O)C1=CN(C2O[C@H](COP(=O)(O)OP(=O)(O)OC[C@H]3O[C@@H](n4cnc5c(N)ncnc54)[C@H](O)[C@@H]3O)C(O)C2O)C=CC1.NC(=O)C1=CN(C2O[C@H](COP(=O)(O)OP(=O)(O)OC[C@H]3O[C@@H](n4cnc5c(N)ncnc54)[C@H](O)[C@@H]3O)C(O)C2O)C=CC1. The van der Waals surface area contributed by atoms with Crippen molar-refractivity contribution in [2.24, 2.45) is 11.5 Å². The number of nitrogens with two attached hydrogens (primary N) is 4. The van der Waals surface area contributed by atoms with Crippen LogP contribution in [0, 0.1) is 0 Å². The number of allylic oxidation sites excluding steroid dienone is 2. The van der Waals surface area contributed by atoms with Gasteiger partial charge in [0.05, 0.1) is 39.1 Å². The van der Waals surface area contributed by atoms with Crippen LogP contribution in [0.3, 0.4) is 0 Å². The molecule has 4 aromatic heterocycles. The van der Waals surface area contributed by atoms with Crippen LogP contribution >= 0.6 is 31.3 Å². The van der Waals surface area contributed by atoms with Crippen LogP contribution in [0.25, 0.3) is 22.3 Å². The first kappa shape index (κ1) is 66.7. The highest BCUT2D eigenvalue weighted by Gasteiger charge is 2.51. The largest absolute Gasteiger partial charge is 0.481 e. The number of aliphatic hydroxyl groups excluding tert-OH is 8. The highest BCUT2D eigenvalue weighted by atomic mass is 31.3. The molecule has 10 rings (SSSR count). The molecular formula is C42H58N14O28P4. The van der Waals surface area contributed by atoms with E-state index in [0.717, 1.165) is 12.7 Å². The van der Waals surface area contributed by atoms with Crippen molar-refractivity contribution in [3.63, 3.8) is 0 Å². The number of phosphoric acid groups is 4. The Bertz CT molecular complexity index is 3340. The molecular weight excluding hydrogens is 1270 g/mol. The fourth-order valence-corrected chi connectivity index (χ4v) is 13.5. The van der Waals surface area contributed by atoms with E-state index < -0.39 is 168 Å². The summed E-state index contributed by atoms with van der Waals surface area (Å²) in [6, 6.07) is 0. The Morgan fingerprint density at radius 2 is 0.773 bits per heavy atom. The second-order valence-corrected chi connectivity index (χ2v) is 25.8. The van der Waals surface area contributed by atoms with E-state index in [9.17, 15) is 88.3 Å². The maximum atomic E-state index is 12.4. The molecule has 20 N–H and O–H groups in total. The molecule has 0 aliphatic carbocycles. The summed E-state index contributed by atoms with van der Waals surface area (Å²) in [6.45, 7) is -3.57. The number of carbonyl (C=O) groups is 2. The van der Waals surface area contributed by atoms with Gasteiger partial charge in [-0.15, -0.1) is 0 Å². The molecule has 42 nitrogen and oxygen atoms in total. The van der Waals surface area contributed by atoms with Gasteiger partial charge in [0, 0.05) is 35.9 Å². The first-order chi connectivity index (χ1) is 41.3. The van der Waals surface area contributed by atoms with E-state index in [1.165, 1.54) is 56.4 Å². The van der Waals surface area contributed by atoms with Crippen LogP contribution in [0.2, 0.25) is 0 Å². The number of imidazole rings is 2. The molecule has 0 bridgehead atoms. The zero-order valence-electron chi connectivity index (χ0n) is 44.7. The summed E-state index contributed by atoms with van der Waals surface area (Å²) >= 11 is 0. The molecule has 4 saturated heterocycles. The molecule has 4 fully saturated rings. The number of phosphoric ester groups is 4. The summed E-state index contributed by atoms with van der Waals surface area (Å²) in [5.74, 6) is -1.32. The highest BCUT2D eigenvalue weighted by Crippen LogP contribution is 2.62. The number of nitrogen functional groups attached to an aromatic ring is 2. The summed E-state index contributed by atoms with van der Waals surface area (Å²) < 4.78 is 102. The maximum absolute atomic E-state index is 12.4. The molecule has 10 heterocycles. The molecule has 10 unspecified atom stereocenters. The van der Waals surface area contributed by atoms with Gasteiger partial charge in [-0.2, -0.15) is 8.62 Å². The molecule has 4 aromatic rings. The summed E-state index contributed by atoms with van der Waals surface area (Å²) in [5, 5.41) is 83.3. The fourth-order valence-electron chi connectivity index (χ4n) is 9.36. The maximum Gasteiger partial charge on any atom is 0.481 e. The van der Waals surface area contributed by atoms with Crippen LogP contribution in [-0.4, -0.2) is 233 Å². The Kier molecular flexibility index (Phi) is 20.1. The molecule has 20 atom stereocenters. The number of rotatable bonds is 22. The van der Waals surface area contributed by atoms with E-state index >= 15 is 0 Å². The Morgan fingerprint density at radius 1 is 0.477 bits per heavy atom. The Hall–Kier alpha value is -5.76. The third-order valence-electron chi connectivity index (χ3n) is 13.8. The molecule has 0 saturated carbocycles. The molecule has 0 spiro atoms. The fraction of sp³-hybridized carbons (Fsp3) is 0.524. The predicted molar refractivity (Wildman–Crippen MR) is 284 cm³/mol. The molecule has 0 radical (unpaired) electrons. The number of anilines is 2. The third kappa shape index (κ3) is 14.8. The Balaban J connectivity index is 0.000000209. The zero-order chi connectivity index (χ0) is 63.9. The number of aliphatic hydroxyl groups is 8. The molecule has 88 heavy (non-hydrogen) atoms. The van der Waals surface area contributed by atoms with Crippen LogP contribution in [0.15, 0.2) is 73.4 Å². The molecule has 46 heteroatoms. The summed E-state index contributed by atoms with van der Waals surface area (Å²) in [4.78, 5) is 89.2. The second kappa shape index (κ2) is 26.6. The number of primary amides is 2. The van der Waals surface area contributed by atoms with Crippen LogP contribution in [-0.2, 0) is 73.5 Å². The van der Waals surface area contributed by atoms with Gasteiger partial charge in [0.15, 0.2) is 47.8 Å². The van der Waals surface area contributed by atoms with Gasteiger partial charge in [-0.05, 0) is 12.8 Å². The standard InChI is InChI=1S/2C21H29N7O14P2/c2*22-17-12-19(25-7-24-17)28(8-26-12)21-16(32)14(30)11(41-21)6-39-44(36,37)42-43(34,35)38-5-10-13(29)15(31)20(40-10)27-3-1-2-9(4-27)18(23)33/h2*1,3-4,7-8,10-11,13-16,20-21,29-32H,2,5-6H2,(H2,23,33)(H,34,35)(H,36,37)(H2,22,24,25)/t2*10-,11-,13?,14-,15?,16-,20?,21-/m11/s1. The van der Waals surface area contributed by atoms with Crippen molar-refractivity contribution in [1.29, 1.82) is 0 Å². The van der Waals surface area contributed by atoms with E-state index in [1.807, 2.05) is 0 Å². The minimum Gasteiger partial charge on any atom is -0.387 e. The van der Waals surface area contributed by atoms with Gasteiger partial charge in [-0.3, -0.25) is 36.8 Å². The summed E-state index contributed by atoms with van der Waals surface area (Å²) in [5.41, 5.74) is 23.2.